The molecule has 2 amide bonds. The topological polar surface area (TPSA) is 67.2 Å². The largest absolute Gasteiger partial charge is 0.329 e. The van der Waals surface area contributed by atoms with Gasteiger partial charge in [0.2, 0.25) is 11.8 Å². The molecule has 0 saturated carbocycles. The van der Waals surface area contributed by atoms with E-state index in [9.17, 15) is 9.59 Å². The van der Waals surface area contributed by atoms with Crippen molar-refractivity contribution in [3.8, 4) is 5.69 Å². The molecule has 0 spiro atoms. The Morgan fingerprint density at radius 3 is 2.17 bits per heavy atom. The van der Waals surface area contributed by atoms with Crippen molar-refractivity contribution in [1.29, 1.82) is 0 Å². The summed E-state index contributed by atoms with van der Waals surface area (Å²) in [5.41, 5.74) is 2.54. The van der Waals surface area contributed by atoms with Crippen molar-refractivity contribution in [3.05, 3.63) is 78.0 Å². The molecule has 0 fully saturated rings. The van der Waals surface area contributed by atoms with E-state index >= 15 is 0 Å². The number of hydrogen-bond acceptors (Lipinski definition) is 3. The fourth-order valence-corrected chi connectivity index (χ4v) is 3.04. The van der Waals surface area contributed by atoms with Crippen LogP contribution in [0.5, 0.6) is 0 Å². The van der Waals surface area contributed by atoms with Gasteiger partial charge in [0.25, 0.3) is 0 Å². The molecule has 0 unspecified atom stereocenters. The molecule has 156 valence electrons. The third-order valence-electron chi connectivity index (χ3n) is 4.74. The van der Waals surface area contributed by atoms with E-state index in [1.165, 1.54) is 11.8 Å². The Balaban J connectivity index is 1.81. The van der Waals surface area contributed by atoms with Crippen molar-refractivity contribution >= 4 is 17.6 Å². The molecule has 1 aromatic heterocycles. The van der Waals surface area contributed by atoms with Crippen LogP contribution in [0.3, 0.4) is 0 Å². The van der Waals surface area contributed by atoms with Gasteiger partial charge >= 0.3 is 0 Å². The summed E-state index contributed by atoms with van der Waals surface area (Å²) in [7, 11) is 0. The first-order valence-corrected chi connectivity index (χ1v) is 9.99. The van der Waals surface area contributed by atoms with E-state index in [1.54, 1.807) is 4.68 Å². The number of amides is 2. The zero-order valence-corrected chi connectivity index (χ0v) is 17.9. The van der Waals surface area contributed by atoms with Crippen molar-refractivity contribution in [2.75, 3.05) is 11.9 Å². The summed E-state index contributed by atoms with van der Waals surface area (Å²) in [5.74, 6) is 0.166. The van der Waals surface area contributed by atoms with Gasteiger partial charge in [-0.3, -0.25) is 9.59 Å². The summed E-state index contributed by atoms with van der Waals surface area (Å²) >= 11 is 0. The number of aromatic nitrogens is 2. The summed E-state index contributed by atoms with van der Waals surface area (Å²) in [6.07, 6.45) is 0. The molecule has 2 aromatic carbocycles. The van der Waals surface area contributed by atoms with Crippen molar-refractivity contribution < 1.29 is 9.59 Å². The lowest BCUT2D eigenvalue weighted by atomic mass is 9.92. The third-order valence-corrected chi connectivity index (χ3v) is 4.74. The minimum atomic E-state index is -0.265. The van der Waals surface area contributed by atoms with Gasteiger partial charge in [0.15, 0.2) is 0 Å². The van der Waals surface area contributed by atoms with Gasteiger partial charge in [-0.15, -0.1) is 0 Å². The van der Waals surface area contributed by atoms with Crippen LogP contribution in [0.2, 0.25) is 0 Å². The Bertz CT molecular complexity index is 1000. The van der Waals surface area contributed by atoms with Gasteiger partial charge in [0, 0.05) is 24.9 Å². The van der Waals surface area contributed by atoms with Crippen LogP contribution in [-0.4, -0.2) is 33.0 Å². The standard InChI is InChI=1S/C24H28N4O2/c1-18(29)27(16-19-11-7-5-8-12-19)17-23(30)25-22-15-21(24(2,3)4)26-28(22)20-13-9-6-10-14-20/h5-15H,16-17H2,1-4H3,(H,25,30). The highest BCUT2D eigenvalue weighted by Crippen LogP contribution is 2.26. The molecule has 6 nitrogen and oxygen atoms in total. The molecule has 1 N–H and O–H groups in total. The van der Waals surface area contributed by atoms with Crippen molar-refractivity contribution in [2.45, 2.75) is 39.7 Å². The van der Waals surface area contributed by atoms with Gasteiger partial charge in [-0.25, -0.2) is 4.68 Å². The predicted octanol–water partition coefficient (Wildman–Crippen LogP) is 4.16. The fraction of sp³-hybridized carbons (Fsp3) is 0.292. The Morgan fingerprint density at radius 2 is 1.60 bits per heavy atom. The van der Waals surface area contributed by atoms with Crippen molar-refractivity contribution in [3.63, 3.8) is 0 Å². The highest BCUT2D eigenvalue weighted by Gasteiger charge is 2.22. The first kappa shape index (κ1) is 21.3. The number of nitrogens with one attached hydrogen (secondary N) is 1. The van der Waals surface area contributed by atoms with Crippen LogP contribution in [-0.2, 0) is 21.5 Å². The highest BCUT2D eigenvalue weighted by molar-refractivity contribution is 5.94. The minimum absolute atomic E-state index is 0.0327. The molecular formula is C24H28N4O2. The lowest BCUT2D eigenvalue weighted by Gasteiger charge is -2.20. The molecule has 1 heterocycles. The fourth-order valence-electron chi connectivity index (χ4n) is 3.04. The summed E-state index contributed by atoms with van der Waals surface area (Å²) in [4.78, 5) is 26.4. The number of rotatable bonds is 6. The van der Waals surface area contributed by atoms with E-state index in [1.807, 2.05) is 66.7 Å². The molecule has 6 heteroatoms. The van der Waals surface area contributed by atoms with Crippen LogP contribution in [0.15, 0.2) is 66.7 Å². The second kappa shape index (κ2) is 8.95. The molecule has 0 aliphatic heterocycles. The average Bonchev–Trinajstić information content (AvgIpc) is 3.13. The van der Waals surface area contributed by atoms with Gasteiger partial charge in [-0.2, -0.15) is 5.10 Å². The third kappa shape index (κ3) is 5.35. The first-order valence-electron chi connectivity index (χ1n) is 9.99. The Morgan fingerprint density at radius 1 is 1.00 bits per heavy atom. The summed E-state index contributed by atoms with van der Waals surface area (Å²) < 4.78 is 1.73. The maximum absolute atomic E-state index is 12.8. The maximum Gasteiger partial charge on any atom is 0.245 e. The average molecular weight is 405 g/mol. The number of anilines is 1. The Labute approximate surface area is 177 Å². The predicted molar refractivity (Wildman–Crippen MR) is 118 cm³/mol. The van der Waals surface area contributed by atoms with E-state index in [2.05, 4.69) is 26.1 Å². The SMILES string of the molecule is CC(=O)N(CC(=O)Nc1cc(C(C)(C)C)nn1-c1ccccc1)Cc1ccccc1. The summed E-state index contributed by atoms with van der Waals surface area (Å²) in [5, 5.41) is 7.65. The van der Waals surface area contributed by atoms with Crippen molar-refractivity contribution in [2.24, 2.45) is 0 Å². The van der Waals surface area contributed by atoms with Crippen LogP contribution >= 0.6 is 0 Å². The Kier molecular flexibility index (Phi) is 6.35. The smallest absolute Gasteiger partial charge is 0.245 e. The van der Waals surface area contributed by atoms with Crippen LogP contribution in [0, 0.1) is 0 Å². The molecule has 0 aliphatic rings. The molecule has 3 aromatic rings. The number of hydrogen-bond donors (Lipinski definition) is 1. The van der Waals surface area contributed by atoms with E-state index in [-0.39, 0.29) is 23.8 Å². The Hall–Kier alpha value is -3.41. The number of carbonyl (C=O) groups is 2. The normalized spacial score (nSPS) is 11.2. The van der Waals surface area contributed by atoms with Crippen LogP contribution in [0.4, 0.5) is 5.82 Å². The quantitative estimate of drug-likeness (QED) is 0.671. The summed E-state index contributed by atoms with van der Waals surface area (Å²) in [6.45, 7) is 8.06. The van der Waals surface area contributed by atoms with Crippen LogP contribution in [0.1, 0.15) is 39.0 Å². The van der Waals surface area contributed by atoms with E-state index in [4.69, 9.17) is 5.10 Å². The van der Waals surface area contributed by atoms with Gasteiger partial charge in [0.05, 0.1) is 11.4 Å². The van der Waals surface area contributed by atoms with E-state index < -0.39 is 0 Å². The number of benzene rings is 2. The number of para-hydroxylation sites is 1. The van der Waals surface area contributed by atoms with Crippen LogP contribution < -0.4 is 5.32 Å². The van der Waals surface area contributed by atoms with E-state index in [0.717, 1.165) is 16.9 Å². The molecule has 30 heavy (non-hydrogen) atoms. The number of carbonyl (C=O) groups excluding carboxylic acids is 2. The molecular weight excluding hydrogens is 376 g/mol. The monoisotopic (exact) mass is 404 g/mol. The minimum Gasteiger partial charge on any atom is -0.329 e. The molecule has 0 atom stereocenters. The molecule has 3 rings (SSSR count). The molecule has 0 aliphatic carbocycles. The second-order valence-corrected chi connectivity index (χ2v) is 8.32. The van der Waals surface area contributed by atoms with Crippen molar-refractivity contribution in [1.82, 2.24) is 14.7 Å². The summed E-state index contributed by atoms with van der Waals surface area (Å²) in [6, 6.07) is 21.2. The zero-order valence-electron chi connectivity index (χ0n) is 17.9. The van der Waals surface area contributed by atoms with Gasteiger partial charge in [-0.1, -0.05) is 69.3 Å². The molecule has 0 radical (unpaired) electrons. The second-order valence-electron chi connectivity index (χ2n) is 8.32. The molecule has 0 saturated heterocycles. The lowest BCUT2D eigenvalue weighted by Crippen LogP contribution is -2.36. The lowest BCUT2D eigenvalue weighted by molar-refractivity contribution is -0.133. The first-order chi connectivity index (χ1) is 14.2. The van der Waals surface area contributed by atoms with E-state index in [0.29, 0.717) is 12.4 Å². The van der Waals surface area contributed by atoms with Gasteiger partial charge in [-0.05, 0) is 17.7 Å². The highest BCUT2D eigenvalue weighted by atomic mass is 16.2. The molecule has 0 bridgehead atoms. The van der Waals surface area contributed by atoms with Gasteiger partial charge in [0.1, 0.15) is 12.4 Å². The maximum atomic E-state index is 12.8. The number of nitrogens with zero attached hydrogens (tertiary/aromatic N) is 3. The zero-order chi connectivity index (χ0) is 21.7. The van der Waals surface area contributed by atoms with Crippen LogP contribution in [0.25, 0.3) is 5.69 Å². The van der Waals surface area contributed by atoms with Gasteiger partial charge < -0.3 is 10.2 Å².